The minimum atomic E-state index is -0.610. The zero-order chi connectivity index (χ0) is 20.4. The first-order valence-electron chi connectivity index (χ1n) is 10.1. The van der Waals surface area contributed by atoms with Gasteiger partial charge >= 0.3 is 0 Å². The van der Waals surface area contributed by atoms with Crippen LogP contribution in [0.4, 0.5) is 0 Å². The van der Waals surface area contributed by atoms with Crippen molar-refractivity contribution < 1.29 is 9.84 Å². The molecule has 0 amide bonds. The first kappa shape index (κ1) is 20.6. The summed E-state index contributed by atoms with van der Waals surface area (Å²) in [5.74, 6) is 0.443. The van der Waals surface area contributed by atoms with Crippen LogP contribution >= 0.6 is 23.1 Å². The first-order valence-corrected chi connectivity index (χ1v) is 11.9. The Hall–Kier alpha value is -1.67. The van der Waals surface area contributed by atoms with E-state index in [4.69, 9.17) is 9.72 Å². The molecule has 0 radical (unpaired) electrons. The second-order valence-electron chi connectivity index (χ2n) is 7.35. The number of benzene rings is 1. The van der Waals surface area contributed by atoms with E-state index < -0.39 is 6.10 Å². The van der Waals surface area contributed by atoms with E-state index in [1.807, 2.05) is 30.3 Å². The third-order valence-electron chi connectivity index (χ3n) is 5.40. The van der Waals surface area contributed by atoms with Crippen LogP contribution in [-0.2, 0) is 17.7 Å². The van der Waals surface area contributed by atoms with E-state index in [2.05, 4.69) is 13.8 Å². The lowest BCUT2D eigenvalue weighted by Crippen LogP contribution is -2.29. The van der Waals surface area contributed by atoms with Gasteiger partial charge in [-0.05, 0) is 37.3 Å². The Morgan fingerprint density at radius 1 is 1.38 bits per heavy atom. The van der Waals surface area contributed by atoms with Gasteiger partial charge in [0.15, 0.2) is 5.16 Å². The van der Waals surface area contributed by atoms with Crippen molar-refractivity contribution in [2.75, 3.05) is 12.4 Å². The highest BCUT2D eigenvalue weighted by Crippen LogP contribution is 2.31. The number of aliphatic hydroxyl groups excluding tert-OH is 1. The summed E-state index contributed by atoms with van der Waals surface area (Å²) in [6.45, 7) is 5.41. The second kappa shape index (κ2) is 9.00. The largest absolute Gasteiger partial charge is 0.388 e. The molecular formula is C22H26N2O3S2. The third-order valence-corrected chi connectivity index (χ3v) is 7.49. The van der Waals surface area contributed by atoms with E-state index in [0.29, 0.717) is 17.5 Å². The van der Waals surface area contributed by atoms with Crippen molar-refractivity contribution in [2.45, 2.75) is 57.0 Å². The van der Waals surface area contributed by atoms with Crippen molar-refractivity contribution in [2.24, 2.45) is 0 Å². The molecule has 5 nitrogen and oxygen atoms in total. The van der Waals surface area contributed by atoms with Crippen LogP contribution in [-0.4, -0.2) is 33.1 Å². The maximum Gasteiger partial charge on any atom is 0.263 e. The fourth-order valence-corrected chi connectivity index (χ4v) is 5.98. The topological polar surface area (TPSA) is 64.3 Å². The predicted octanol–water partition coefficient (Wildman–Crippen LogP) is 4.33. The normalized spacial score (nSPS) is 17.8. The third kappa shape index (κ3) is 4.28. The van der Waals surface area contributed by atoms with Crippen molar-refractivity contribution >= 4 is 33.3 Å². The minimum Gasteiger partial charge on any atom is -0.388 e. The summed E-state index contributed by atoms with van der Waals surface area (Å²) in [5, 5.41) is 12.0. The Morgan fingerprint density at radius 3 is 2.86 bits per heavy atom. The Labute approximate surface area is 178 Å². The summed E-state index contributed by atoms with van der Waals surface area (Å²) in [6, 6.07) is 9.60. The number of thioether (sulfide) groups is 1. The number of nitrogens with zero attached hydrogens (tertiary/aromatic N) is 2. The molecule has 0 spiro atoms. The van der Waals surface area contributed by atoms with E-state index in [0.717, 1.165) is 52.1 Å². The van der Waals surface area contributed by atoms with Crippen molar-refractivity contribution in [3.8, 4) is 0 Å². The summed E-state index contributed by atoms with van der Waals surface area (Å²) in [7, 11) is 0. The first-order chi connectivity index (χ1) is 14.1. The summed E-state index contributed by atoms with van der Waals surface area (Å²) < 4.78 is 7.56. The molecule has 1 aromatic carbocycles. The molecule has 1 saturated heterocycles. The zero-order valence-corrected chi connectivity index (χ0v) is 18.4. The average molecular weight is 431 g/mol. The molecule has 1 fully saturated rings. The molecule has 0 aliphatic carbocycles. The lowest BCUT2D eigenvalue weighted by molar-refractivity contribution is 0.0937. The highest BCUT2D eigenvalue weighted by Gasteiger charge is 2.23. The predicted molar refractivity (Wildman–Crippen MR) is 119 cm³/mol. The highest BCUT2D eigenvalue weighted by molar-refractivity contribution is 7.99. The summed E-state index contributed by atoms with van der Waals surface area (Å²) in [6.07, 6.45) is 2.26. The van der Waals surface area contributed by atoms with Crippen LogP contribution < -0.4 is 5.56 Å². The lowest BCUT2D eigenvalue weighted by atomic mass is 10.1. The summed E-state index contributed by atoms with van der Waals surface area (Å²) in [5.41, 5.74) is 1.99. The van der Waals surface area contributed by atoms with E-state index in [-0.39, 0.29) is 11.7 Å². The van der Waals surface area contributed by atoms with E-state index in [1.165, 1.54) is 11.8 Å². The molecule has 1 aliphatic rings. The zero-order valence-electron chi connectivity index (χ0n) is 16.8. The molecular weight excluding hydrogens is 404 g/mol. The average Bonchev–Trinajstić information content (AvgIpc) is 3.36. The SMILES string of the molecule is CCc1c(C)sc2nc(SC[C@@H](O)c3ccccc3)n(C[C@@H]3CCCO3)c(=O)c12. The van der Waals surface area contributed by atoms with Crippen molar-refractivity contribution in [1.29, 1.82) is 0 Å². The smallest absolute Gasteiger partial charge is 0.263 e. The van der Waals surface area contributed by atoms with Crippen LogP contribution in [0.2, 0.25) is 0 Å². The molecule has 154 valence electrons. The van der Waals surface area contributed by atoms with E-state index in [1.54, 1.807) is 15.9 Å². The van der Waals surface area contributed by atoms with Crippen molar-refractivity contribution in [3.63, 3.8) is 0 Å². The number of fused-ring (bicyclic) bond motifs is 1. The number of rotatable bonds is 7. The molecule has 29 heavy (non-hydrogen) atoms. The van der Waals surface area contributed by atoms with Gasteiger partial charge < -0.3 is 9.84 Å². The molecule has 4 rings (SSSR count). The summed E-state index contributed by atoms with van der Waals surface area (Å²) >= 11 is 3.02. The van der Waals surface area contributed by atoms with Crippen LogP contribution in [0.15, 0.2) is 40.3 Å². The van der Waals surface area contributed by atoms with Crippen LogP contribution in [0.3, 0.4) is 0 Å². The molecule has 0 saturated carbocycles. The van der Waals surface area contributed by atoms with Crippen molar-refractivity contribution in [3.05, 3.63) is 56.7 Å². The maximum absolute atomic E-state index is 13.4. The van der Waals surface area contributed by atoms with Gasteiger partial charge in [-0.2, -0.15) is 0 Å². The molecule has 1 N–H and O–H groups in total. The van der Waals surface area contributed by atoms with Crippen molar-refractivity contribution in [1.82, 2.24) is 9.55 Å². The molecule has 3 heterocycles. The van der Waals surface area contributed by atoms with Crippen LogP contribution in [0.25, 0.3) is 10.2 Å². The monoisotopic (exact) mass is 430 g/mol. The number of ether oxygens (including phenoxy) is 1. The highest BCUT2D eigenvalue weighted by atomic mass is 32.2. The Balaban J connectivity index is 1.69. The molecule has 0 unspecified atom stereocenters. The number of hydrogen-bond acceptors (Lipinski definition) is 6. The molecule has 3 aromatic rings. The van der Waals surface area contributed by atoms with Gasteiger partial charge in [-0.25, -0.2) is 4.98 Å². The molecule has 1 aliphatic heterocycles. The number of aryl methyl sites for hydroxylation is 2. The van der Waals surface area contributed by atoms with Gasteiger partial charge in [0.2, 0.25) is 0 Å². The number of aromatic nitrogens is 2. The molecule has 7 heteroatoms. The molecule has 2 aromatic heterocycles. The molecule has 0 bridgehead atoms. The lowest BCUT2D eigenvalue weighted by Gasteiger charge is -2.17. The van der Waals surface area contributed by atoms with Crippen LogP contribution in [0.1, 0.15) is 41.9 Å². The Morgan fingerprint density at radius 2 is 2.17 bits per heavy atom. The quantitative estimate of drug-likeness (QED) is 0.446. The molecule has 2 atom stereocenters. The summed E-state index contributed by atoms with van der Waals surface area (Å²) in [4.78, 5) is 20.2. The fraction of sp³-hybridized carbons (Fsp3) is 0.455. The van der Waals surface area contributed by atoms with Gasteiger partial charge in [-0.1, -0.05) is 49.0 Å². The Bertz CT molecular complexity index is 1040. The number of thiophene rings is 1. The van der Waals surface area contributed by atoms with Crippen LogP contribution in [0, 0.1) is 6.92 Å². The van der Waals surface area contributed by atoms with Gasteiger partial charge in [0.1, 0.15) is 4.83 Å². The standard InChI is InChI=1S/C22H26N2O3S2/c1-3-17-14(2)29-20-19(17)21(26)24(12-16-10-7-11-27-16)22(23-20)28-13-18(25)15-8-5-4-6-9-15/h4-6,8-9,16,18,25H,3,7,10-13H2,1-2H3/t16-,18+/m0/s1. The van der Waals surface area contributed by atoms with E-state index >= 15 is 0 Å². The second-order valence-corrected chi connectivity index (χ2v) is 9.54. The maximum atomic E-state index is 13.4. The van der Waals surface area contributed by atoms with E-state index in [9.17, 15) is 9.90 Å². The van der Waals surface area contributed by atoms with Gasteiger partial charge in [-0.3, -0.25) is 9.36 Å². The fourth-order valence-electron chi connectivity index (χ4n) is 3.84. The Kier molecular flexibility index (Phi) is 6.39. The van der Waals surface area contributed by atoms with Gasteiger partial charge in [-0.15, -0.1) is 11.3 Å². The number of hydrogen-bond donors (Lipinski definition) is 1. The van der Waals surface area contributed by atoms with Gasteiger partial charge in [0.25, 0.3) is 5.56 Å². The van der Waals surface area contributed by atoms with Gasteiger partial charge in [0, 0.05) is 17.2 Å². The van der Waals surface area contributed by atoms with Gasteiger partial charge in [0.05, 0.1) is 24.1 Å². The van der Waals surface area contributed by atoms with Crippen LogP contribution in [0.5, 0.6) is 0 Å². The number of aliphatic hydroxyl groups is 1. The minimum absolute atomic E-state index is 0.0170.